The molecule has 1 aromatic carbocycles. The van der Waals surface area contributed by atoms with Crippen LogP contribution in [0.2, 0.25) is 0 Å². The highest BCUT2D eigenvalue weighted by Gasteiger charge is 2.31. The number of hydrogen-bond acceptors (Lipinski definition) is 3. The number of rotatable bonds is 6. The summed E-state index contributed by atoms with van der Waals surface area (Å²) in [5.41, 5.74) is 7.23. The van der Waals surface area contributed by atoms with E-state index in [4.69, 9.17) is 5.73 Å². The first-order valence-corrected chi connectivity index (χ1v) is 8.40. The van der Waals surface area contributed by atoms with Gasteiger partial charge in [0.2, 0.25) is 11.8 Å². The fourth-order valence-corrected chi connectivity index (χ4v) is 3.12. The highest BCUT2D eigenvalue weighted by molar-refractivity contribution is 5.94. The number of nitrogens with one attached hydrogen (secondary N) is 2. The molecular weight excluding hydrogens is 326 g/mol. The van der Waals surface area contributed by atoms with Gasteiger partial charge in [-0.3, -0.25) is 9.59 Å². The van der Waals surface area contributed by atoms with E-state index in [2.05, 4.69) is 10.6 Å². The molecule has 134 valence electrons. The van der Waals surface area contributed by atoms with Crippen molar-refractivity contribution in [1.82, 2.24) is 0 Å². The minimum atomic E-state index is 0. The Morgan fingerprint density at radius 3 is 2.25 bits per heavy atom. The molecule has 0 heterocycles. The summed E-state index contributed by atoms with van der Waals surface area (Å²) in [6, 6.07) is 7.25. The number of anilines is 2. The van der Waals surface area contributed by atoms with Crippen LogP contribution in [0.4, 0.5) is 11.4 Å². The summed E-state index contributed by atoms with van der Waals surface area (Å²) < 4.78 is 0. The monoisotopic (exact) mass is 353 g/mol. The van der Waals surface area contributed by atoms with Gasteiger partial charge in [0.15, 0.2) is 0 Å². The van der Waals surface area contributed by atoms with E-state index >= 15 is 0 Å². The second-order valence-electron chi connectivity index (χ2n) is 6.75. The van der Waals surface area contributed by atoms with Crippen molar-refractivity contribution in [3.8, 4) is 0 Å². The highest BCUT2D eigenvalue weighted by atomic mass is 35.5. The first kappa shape index (κ1) is 20.5. The fourth-order valence-electron chi connectivity index (χ4n) is 3.12. The van der Waals surface area contributed by atoms with Gasteiger partial charge in [-0.2, -0.15) is 0 Å². The molecule has 0 spiro atoms. The minimum Gasteiger partial charge on any atom is -0.330 e. The van der Waals surface area contributed by atoms with E-state index in [1.165, 1.54) is 0 Å². The summed E-state index contributed by atoms with van der Waals surface area (Å²) in [6.45, 7) is 4.59. The maximum Gasteiger partial charge on any atom is 0.227 e. The Morgan fingerprint density at radius 2 is 1.71 bits per heavy atom. The van der Waals surface area contributed by atoms with E-state index in [0.29, 0.717) is 24.8 Å². The quantitative estimate of drug-likeness (QED) is 0.732. The van der Waals surface area contributed by atoms with E-state index in [1.54, 1.807) is 0 Å². The van der Waals surface area contributed by atoms with Crippen LogP contribution in [0.5, 0.6) is 0 Å². The molecule has 2 atom stereocenters. The van der Waals surface area contributed by atoms with Gasteiger partial charge in [0.1, 0.15) is 0 Å². The van der Waals surface area contributed by atoms with Gasteiger partial charge in [-0.05, 0) is 55.5 Å². The zero-order valence-corrected chi connectivity index (χ0v) is 15.2. The van der Waals surface area contributed by atoms with E-state index in [1.807, 2.05) is 38.1 Å². The molecule has 1 aliphatic carbocycles. The van der Waals surface area contributed by atoms with Crippen molar-refractivity contribution < 1.29 is 9.59 Å². The smallest absolute Gasteiger partial charge is 0.227 e. The number of carbonyl (C=O) groups excluding carboxylic acids is 2. The van der Waals surface area contributed by atoms with Gasteiger partial charge in [0.25, 0.3) is 0 Å². The lowest BCUT2D eigenvalue weighted by atomic mass is 9.95. The number of benzene rings is 1. The van der Waals surface area contributed by atoms with E-state index in [-0.39, 0.29) is 30.1 Å². The van der Waals surface area contributed by atoms with Crippen LogP contribution in [0, 0.1) is 17.8 Å². The van der Waals surface area contributed by atoms with Crippen molar-refractivity contribution in [2.24, 2.45) is 23.5 Å². The van der Waals surface area contributed by atoms with Crippen molar-refractivity contribution in [3.63, 3.8) is 0 Å². The van der Waals surface area contributed by atoms with Crippen LogP contribution in [0.3, 0.4) is 0 Å². The predicted octanol–water partition coefficient (Wildman–Crippen LogP) is 3.41. The van der Waals surface area contributed by atoms with Crippen LogP contribution >= 0.6 is 12.4 Å². The third-order valence-electron chi connectivity index (χ3n) is 4.33. The summed E-state index contributed by atoms with van der Waals surface area (Å²) in [6.07, 6.45) is 3.52. The van der Waals surface area contributed by atoms with Crippen LogP contribution in [-0.4, -0.2) is 18.4 Å². The molecule has 0 radical (unpaired) electrons. The van der Waals surface area contributed by atoms with Gasteiger partial charge < -0.3 is 16.4 Å². The maximum atomic E-state index is 12.3. The molecule has 4 N–H and O–H groups in total. The SMILES string of the molecule is CC(C)CC(=O)Nc1ccc(NC(=O)[C@@H]2CCC[C@@H]2CN)cc1.Cl. The second-order valence-corrected chi connectivity index (χ2v) is 6.75. The standard InChI is InChI=1S/C18H27N3O2.ClH/c1-12(2)10-17(22)20-14-6-8-15(9-7-14)21-18(23)16-5-3-4-13(16)11-19;/h6-9,12-13,16H,3-5,10-11,19H2,1-2H3,(H,20,22)(H,21,23);1H/t13-,16-;/m1./s1. The molecule has 0 aliphatic heterocycles. The molecular formula is C18H28ClN3O2. The Kier molecular flexibility index (Phi) is 8.22. The number of amides is 2. The lowest BCUT2D eigenvalue weighted by Gasteiger charge is -2.17. The summed E-state index contributed by atoms with van der Waals surface area (Å²) in [5, 5.41) is 5.81. The van der Waals surface area contributed by atoms with Crippen molar-refractivity contribution >= 4 is 35.6 Å². The minimum absolute atomic E-state index is 0. The van der Waals surface area contributed by atoms with Gasteiger partial charge in [-0.25, -0.2) is 0 Å². The van der Waals surface area contributed by atoms with Crippen LogP contribution in [0.25, 0.3) is 0 Å². The van der Waals surface area contributed by atoms with Gasteiger partial charge in [-0.15, -0.1) is 12.4 Å². The predicted molar refractivity (Wildman–Crippen MR) is 100 cm³/mol. The van der Waals surface area contributed by atoms with Crippen LogP contribution in [0.1, 0.15) is 39.5 Å². The van der Waals surface area contributed by atoms with Crippen LogP contribution in [0.15, 0.2) is 24.3 Å². The van der Waals surface area contributed by atoms with Gasteiger partial charge in [-0.1, -0.05) is 20.3 Å². The maximum absolute atomic E-state index is 12.3. The third kappa shape index (κ3) is 5.80. The van der Waals surface area contributed by atoms with E-state index < -0.39 is 0 Å². The Balaban J connectivity index is 0.00000288. The van der Waals surface area contributed by atoms with Gasteiger partial charge in [0.05, 0.1) is 0 Å². The van der Waals surface area contributed by atoms with Crippen LogP contribution in [-0.2, 0) is 9.59 Å². The molecule has 1 aromatic rings. The zero-order valence-electron chi connectivity index (χ0n) is 14.4. The molecule has 1 saturated carbocycles. The third-order valence-corrected chi connectivity index (χ3v) is 4.33. The Bertz CT molecular complexity index is 546. The molecule has 0 aromatic heterocycles. The number of nitrogens with two attached hydrogens (primary N) is 1. The summed E-state index contributed by atoms with van der Waals surface area (Å²) >= 11 is 0. The Morgan fingerprint density at radius 1 is 1.12 bits per heavy atom. The largest absolute Gasteiger partial charge is 0.330 e. The summed E-state index contributed by atoms with van der Waals surface area (Å²) in [7, 11) is 0. The molecule has 24 heavy (non-hydrogen) atoms. The number of halogens is 1. The summed E-state index contributed by atoms with van der Waals surface area (Å²) in [4.78, 5) is 24.1. The molecule has 1 fully saturated rings. The van der Waals surface area contributed by atoms with E-state index in [0.717, 1.165) is 30.6 Å². The van der Waals surface area contributed by atoms with Crippen molar-refractivity contribution in [1.29, 1.82) is 0 Å². The number of carbonyl (C=O) groups is 2. The molecule has 2 rings (SSSR count). The summed E-state index contributed by atoms with van der Waals surface area (Å²) in [5.74, 6) is 0.702. The lowest BCUT2D eigenvalue weighted by Crippen LogP contribution is -2.29. The number of hydrogen-bond donors (Lipinski definition) is 3. The van der Waals surface area contributed by atoms with Gasteiger partial charge in [0, 0.05) is 23.7 Å². The molecule has 0 unspecified atom stereocenters. The highest BCUT2D eigenvalue weighted by Crippen LogP contribution is 2.31. The topological polar surface area (TPSA) is 84.2 Å². The molecule has 5 nitrogen and oxygen atoms in total. The average Bonchev–Trinajstić information content (AvgIpc) is 2.97. The lowest BCUT2D eigenvalue weighted by molar-refractivity contribution is -0.120. The second kappa shape index (κ2) is 9.64. The first-order valence-electron chi connectivity index (χ1n) is 8.40. The fraction of sp³-hybridized carbons (Fsp3) is 0.556. The van der Waals surface area contributed by atoms with E-state index in [9.17, 15) is 9.59 Å². The first-order chi connectivity index (χ1) is 11.0. The Hall–Kier alpha value is -1.59. The van der Waals surface area contributed by atoms with Crippen molar-refractivity contribution in [2.45, 2.75) is 39.5 Å². The van der Waals surface area contributed by atoms with Gasteiger partial charge >= 0.3 is 0 Å². The molecule has 6 heteroatoms. The molecule has 2 amide bonds. The van der Waals surface area contributed by atoms with Crippen molar-refractivity contribution in [2.75, 3.05) is 17.2 Å². The normalized spacial score (nSPS) is 19.7. The Labute approximate surface area is 150 Å². The molecule has 0 saturated heterocycles. The molecule has 0 bridgehead atoms. The van der Waals surface area contributed by atoms with Crippen LogP contribution < -0.4 is 16.4 Å². The van der Waals surface area contributed by atoms with Crippen molar-refractivity contribution in [3.05, 3.63) is 24.3 Å². The zero-order chi connectivity index (χ0) is 16.8. The average molecular weight is 354 g/mol. The molecule has 1 aliphatic rings.